The lowest BCUT2D eigenvalue weighted by Crippen LogP contribution is -2.36. The second-order valence-corrected chi connectivity index (χ2v) is 9.71. The largest absolute Gasteiger partial charge is 0.461 e. The molecule has 1 aliphatic carbocycles. The Morgan fingerprint density at radius 3 is 2.61 bits per heavy atom. The van der Waals surface area contributed by atoms with Gasteiger partial charge in [-0.25, -0.2) is 9.18 Å². The molecule has 2 aliphatic rings. The Balaban J connectivity index is 1.72. The molecule has 2 atom stereocenters. The van der Waals surface area contributed by atoms with Gasteiger partial charge < -0.3 is 10.1 Å². The Labute approximate surface area is 198 Å². The fourth-order valence-electron chi connectivity index (χ4n) is 4.71. The molecule has 4 rings (SSSR count). The molecule has 0 unspecified atom stereocenters. The van der Waals surface area contributed by atoms with E-state index in [0.29, 0.717) is 47.6 Å². The van der Waals surface area contributed by atoms with Crippen molar-refractivity contribution < 1.29 is 18.7 Å². The summed E-state index contributed by atoms with van der Waals surface area (Å²) < 4.78 is 19.7. The van der Waals surface area contributed by atoms with E-state index in [2.05, 4.69) is 12.2 Å². The molecule has 1 aliphatic heterocycles. The van der Waals surface area contributed by atoms with Crippen LogP contribution in [0.25, 0.3) is 0 Å². The van der Waals surface area contributed by atoms with Gasteiger partial charge in [0.05, 0.1) is 5.57 Å². The van der Waals surface area contributed by atoms with E-state index in [1.165, 1.54) is 12.1 Å². The molecule has 0 saturated carbocycles. The van der Waals surface area contributed by atoms with Gasteiger partial charge in [-0.15, -0.1) is 0 Å². The number of ether oxygens (including phenoxy) is 1. The van der Waals surface area contributed by atoms with Crippen LogP contribution >= 0.6 is 11.8 Å². The van der Waals surface area contributed by atoms with E-state index in [-0.39, 0.29) is 11.7 Å². The molecule has 0 fully saturated rings. The summed E-state index contributed by atoms with van der Waals surface area (Å²) in [6.07, 6.45) is 1.01. The minimum atomic E-state index is -0.646. The zero-order valence-electron chi connectivity index (χ0n) is 18.9. The van der Waals surface area contributed by atoms with Crippen molar-refractivity contribution in [3.63, 3.8) is 0 Å². The monoisotopic (exact) mass is 465 g/mol. The van der Waals surface area contributed by atoms with Crippen LogP contribution in [-0.2, 0) is 14.3 Å². The van der Waals surface area contributed by atoms with Crippen LogP contribution in [0.15, 0.2) is 77.1 Å². The van der Waals surface area contributed by atoms with Gasteiger partial charge in [-0.3, -0.25) is 4.79 Å². The minimum Gasteiger partial charge on any atom is -0.461 e. The molecular formula is C27H28FNO3S. The molecule has 2 aromatic carbocycles. The number of dihydropyridines is 1. The van der Waals surface area contributed by atoms with Crippen molar-refractivity contribution in [2.45, 2.75) is 38.5 Å². The summed E-state index contributed by atoms with van der Waals surface area (Å²) in [4.78, 5) is 26.6. The summed E-state index contributed by atoms with van der Waals surface area (Å²) in [5.41, 5.74) is 4.09. The number of benzene rings is 2. The summed E-state index contributed by atoms with van der Waals surface area (Å²) in [5.74, 6) is 0.182. The second-order valence-electron chi connectivity index (χ2n) is 8.32. The summed E-state index contributed by atoms with van der Waals surface area (Å²) in [7, 11) is 0. The van der Waals surface area contributed by atoms with Crippen LogP contribution in [0.4, 0.5) is 4.39 Å². The third-order valence-corrected chi connectivity index (χ3v) is 7.03. The maximum absolute atomic E-state index is 14.2. The molecule has 0 bridgehead atoms. The maximum Gasteiger partial charge on any atom is 0.336 e. The van der Waals surface area contributed by atoms with Gasteiger partial charge in [-0.2, -0.15) is 11.8 Å². The molecule has 6 heteroatoms. The predicted molar refractivity (Wildman–Crippen MR) is 129 cm³/mol. The predicted octanol–water partition coefficient (Wildman–Crippen LogP) is 5.48. The van der Waals surface area contributed by atoms with Crippen LogP contribution in [0, 0.1) is 5.82 Å². The van der Waals surface area contributed by atoms with Crippen LogP contribution in [0.3, 0.4) is 0 Å². The molecule has 1 heterocycles. The first kappa shape index (κ1) is 23.3. The van der Waals surface area contributed by atoms with Gasteiger partial charge in [-0.1, -0.05) is 49.4 Å². The number of ketones is 1. The summed E-state index contributed by atoms with van der Waals surface area (Å²) in [6.45, 7) is 4.17. The van der Waals surface area contributed by atoms with Crippen molar-refractivity contribution in [3.8, 4) is 0 Å². The number of halogens is 1. The van der Waals surface area contributed by atoms with Crippen LogP contribution in [0.5, 0.6) is 0 Å². The Morgan fingerprint density at radius 2 is 1.88 bits per heavy atom. The number of esters is 1. The molecule has 0 aromatic heterocycles. The highest BCUT2D eigenvalue weighted by molar-refractivity contribution is 7.99. The number of Topliss-reactive ketones (excluding diaryl/α,β-unsaturated/α-hetero) is 1. The molecule has 0 radical (unpaired) electrons. The molecule has 172 valence electrons. The van der Waals surface area contributed by atoms with Crippen molar-refractivity contribution in [3.05, 3.63) is 94.1 Å². The first-order valence-corrected chi connectivity index (χ1v) is 12.4. The topological polar surface area (TPSA) is 55.4 Å². The lowest BCUT2D eigenvalue weighted by molar-refractivity contribution is -0.138. The smallest absolute Gasteiger partial charge is 0.336 e. The van der Waals surface area contributed by atoms with Crippen molar-refractivity contribution in [1.29, 1.82) is 0 Å². The highest BCUT2D eigenvalue weighted by Gasteiger charge is 2.41. The van der Waals surface area contributed by atoms with Gasteiger partial charge in [0.2, 0.25) is 0 Å². The summed E-state index contributed by atoms with van der Waals surface area (Å²) in [6, 6.07) is 16.1. The Hall–Kier alpha value is -2.86. The van der Waals surface area contributed by atoms with E-state index < -0.39 is 17.7 Å². The van der Waals surface area contributed by atoms with Crippen molar-refractivity contribution in [1.82, 2.24) is 5.32 Å². The Kier molecular flexibility index (Phi) is 7.33. The normalized spacial score (nSPS) is 20.4. The quantitative estimate of drug-likeness (QED) is 0.433. The minimum absolute atomic E-state index is 0.0220. The van der Waals surface area contributed by atoms with Crippen LogP contribution < -0.4 is 5.32 Å². The number of allylic oxidation sites excluding steroid dienone is 3. The van der Waals surface area contributed by atoms with E-state index in [1.807, 2.05) is 37.3 Å². The van der Waals surface area contributed by atoms with E-state index in [0.717, 1.165) is 17.0 Å². The number of carbonyl (C=O) groups is 2. The van der Waals surface area contributed by atoms with Crippen LogP contribution in [0.2, 0.25) is 0 Å². The van der Waals surface area contributed by atoms with E-state index in [4.69, 9.17) is 4.74 Å². The van der Waals surface area contributed by atoms with E-state index in [9.17, 15) is 14.0 Å². The Bertz CT molecular complexity index is 1110. The zero-order valence-corrected chi connectivity index (χ0v) is 19.7. The lowest BCUT2D eigenvalue weighted by atomic mass is 9.72. The number of thioether (sulfide) groups is 1. The van der Waals surface area contributed by atoms with E-state index >= 15 is 0 Å². The molecule has 33 heavy (non-hydrogen) atoms. The highest BCUT2D eigenvalue weighted by Crippen LogP contribution is 2.45. The molecule has 1 N–H and O–H groups in total. The van der Waals surface area contributed by atoms with Gasteiger partial charge in [0.15, 0.2) is 5.78 Å². The number of carbonyl (C=O) groups excluding carboxylic acids is 2. The van der Waals surface area contributed by atoms with Crippen molar-refractivity contribution >= 4 is 23.5 Å². The number of hydrogen-bond acceptors (Lipinski definition) is 5. The maximum atomic E-state index is 14.2. The average Bonchev–Trinajstić information content (AvgIpc) is 2.81. The Morgan fingerprint density at radius 1 is 1.12 bits per heavy atom. The van der Waals surface area contributed by atoms with Crippen LogP contribution in [-0.4, -0.2) is 29.9 Å². The third kappa shape index (κ3) is 5.06. The third-order valence-electron chi connectivity index (χ3n) is 6.17. The first-order valence-electron chi connectivity index (χ1n) is 11.3. The molecule has 4 nitrogen and oxygen atoms in total. The van der Waals surface area contributed by atoms with Gasteiger partial charge in [0.1, 0.15) is 12.4 Å². The number of hydrogen-bond donors (Lipinski definition) is 1. The zero-order chi connectivity index (χ0) is 23.4. The molecular weight excluding hydrogens is 437 g/mol. The summed E-state index contributed by atoms with van der Waals surface area (Å²) in [5, 5.41) is 3.33. The fraction of sp³-hybridized carbons (Fsp3) is 0.333. The van der Waals surface area contributed by atoms with E-state index in [1.54, 1.807) is 23.9 Å². The molecule has 2 aromatic rings. The highest BCUT2D eigenvalue weighted by atomic mass is 32.2. The fourth-order valence-corrected chi connectivity index (χ4v) is 5.20. The molecule has 0 amide bonds. The first-order chi connectivity index (χ1) is 16.0. The van der Waals surface area contributed by atoms with Gasteiger partial charge in [-0.05, 0) is 48.3 Å². The molecule has 0 saturated heterocycles. The number of nitrogens with one attached hydrogen (secondary N) is 1. The van der Waals surface area contributed by atoms with Crippen LogP contribution in [0.1, 0.15) is 49.7 Å². The lowest BCUT2D eigenvalue weighted by Gasteiger charge is -2.36. The van der Waals surface area contributed by atoms with Gasteiger partial charge in [0, 0.05) is 35.1 Å². The SMILES string of the molecule is CCSCCOC(=O)C1=C(C)NC2=C(C(=O)C[C@H](c3ccccc3)C2)[C@@H]1c1cccc(F)c1. The second kappa shape index (κ2) is 10.4. The van der Waals surface area contributed by atoms with Crippen molar-refractivity contribution in [2.24, 2.45) is 0 Å². The van der Waals surface area contributed by atoms with Crippen molar-refractivity contribution in [2.75, 3.05) is 18.1 Å². The molecule has 0 spiro atoms. The summed E-state index contributed by atoms with van der Waals surface area (Å²) >= 11 is 1.69. The van der Waals surface area contributed by atoms with Gasteiger partial charge >= 0.3 is 5.97 Å². The number of rotatable bonds is 7. The average molecular weight is 466 g/mol. The standard InChI is InChI=1S/C27H28FNO3S/c1-3-33-13-12-32-27(31)24-17(2)29-22-15-20(18-8-5-4-6-9-18)16-23(30)26(22)25(24)19-10-7-11-21(28)14-19/h4-11,14,20,25,29H,3,12-13,15-16H2,1-2H3/t20-,25-/m1/s1. The van der Waals surface area contributed by atoms with Gasteiger partial charge in [0.25, 0.3) is 0 Å².